The summed E-state index contributed by atoms with van der Waals surface area (Å²) < 4.78 is 6.51. The fourth-order valence-electron chi connectivity index (χ4n) is 4.70. The van der Waals surface area contributed by atoms with Crippen molar-refractivity contribution in [1.29, 1.82) is 0 Å². The van der Waals surface area contributed by atoms with Gasteiger partial charge in [-0.2, -0.15) is 0 Å². The second-order valence-corrected chi connectivity index (χ2v) is 9.67. The molecule has 2 aromatic carbocycles. The Hall–Kier alpha value is -2.93. The highest BCUT2D eigenvalue weighted by molar-refractivity contribution is 7.12. The van der Waals surface area contributed by atoms with Gasteiger partial charge in [0, 0.05) is 18.5 Å². The highest BCUT2D eigenvalue weighted by atomic mass is 32.1. The Kier molecular flexibility index (Phi) is 6.31. The van der Waals surface area contributed by atoms with Crippen molar-refractivity contribution in [3.63, 3.8) is 0 Å². The van der Waals surface area contributed by atoms with Gasteiger partial charge in [0.25, 0.3) is 5.91 Å². The van der Waals surface area contributed by atoms with Crippen LogP contribution in [0.15, 0.2) is 70.5 Å². The van der Waals surface area contributed by atoms with Gasteiger partial charge in [0.2, 0.25) is 0 Å². The Balaban J connectivity index is 1.60. The lowest BCUT2D eigenvalue weighted by atomic mass is 9.99. The minimum atomic E-state index is -0.0966. The average molecular weight is 461 g/mol. The number of para-hydroxylation sites is 1. The van der Waals surface area contributed by atoms with Crippen LogP contribution in [0.5, 0.6) is 0 Å². The number of fused-ring (bicyclic) bond motifs is 1. The van der Waals surface area contributed by atoms with E-state index in [1.807, 2.05) is 41.8 Å². The number of anilines is 1. The van der Waals surface area contributed by atoms with Crippen molar-refractivity contribution in [3.8, 4) is 0 Å². The first-order valence-electron chi connectivity index (χ1n) is 11.6. The Morgan fingerprint density at radius 1 is 1.09 bits per heavy atom. The highest BCUT2D eigenvalue weighted by Crippen LogP contribution is 2.40. The van der Waals surface area contributed by atoms with Gasteiger partial charge in [-0.05, 0) is 43.0 Å². The number of quaternary nitrogens is 1. The van der Waals surface area contributed by atoms with Crippen LogP contribution in [-0.2, 0) is 0 Å². The molecule has 3 heterocycles. The maximum atomic E-state index is 13.1. The van der Waals surface area contributed by atoms with Crippen molar-refractivity contribution < 1.29 is 14.1 Å². The molecule has 1 saturated heterocycles. The van der Waals surface area contributed by atoms with E-state index in [1.165, 1.54) is 22.5 Å². The summed E-state index contributed by atoms with van der Waals surface area (Å²) in [5.41, 5.74) is 3.99. The molecule has 1 unspecified atom stereocenters. The molecule has 33 heavy (non-hydrogen) atoms. The Morgan fingerprint density at radius 3 is 2.55 bits per heavy atom. The van der Waals surface area contributed by atoms with Gasteiger partial charge in [-0.25, -0.2) is 0 Å². The molecule has 0 aliphatic carbocycles. The molecular weight excluding hydrogens is 430 g/mol. The lowest BCUT2D eigenvalue weighted by molar-refractivity contribution is -0.902. The molecule has 0 radical (unpaired) electrons. The van der Waals surface area contributed by atoms with E-state index in [-0.39, 0.29) is 11.9 Å². The first kappa shape index (κ1) is 21.9. The summed E-state index contributed by atoms with van der Waals surface area (Å²) in [7, 11) is 0. The van der Waals surface area contributed by atoms with Crippen molar-refractivity contribution in [2.24, 2.45) is 0 Å². The van der Waals surface area contributed by atoms with Crippen LogP contribution in [0.3, 0.4) is 0 Å². The van der Waals surface area contributed by atoms with Crippen molar-refractivity contribution >= 4 is 33.9 Å². The minimum absolute atomic E-state index is 0.0601. The quantitative estimate of drug-likeness (QED) is 0.449. The lowest BCUT2D eigenvalue weighted by Crippen LogP contribution is -3.14. The fourth-order valence-corrected chi connectivity index (χ4v) is 5.32. The molecule has 4 aromatic rings. The number of nitrogens with one attached hydrogen (secondary N) is 2. The zero-order valence-electron chi connectivity index (χ0n) is 19.1. The number of carbonyl (C=O) groups excluding carboxylic acids is 1. The molecule has 2 N–H and O–H groups in total. The van der Waals surface area contributed by atoms with Gasteiger partial charge < -0.3 is 14.6 Å². The van der Waals surface area contributed by atoms with E-state index in [0.29, 0.717) is 4.88 Å². The Labute approximate surface area is 198 Å². The molecule has 0 saturated carbocycles. The number of hydrogen-bond donors (Lipinski definition) is 2. The van der Waals surface area contributed by atoms with E-state index >= 15 is 0 Å². The molecule has 0 bridgehead atoms. The number of hydrogen-bond acceptors (Lipinski definition) is 4. The first-order valence-corrected chi connectivity index (χ1v) is 12.5. The number of thiophene rings is 1. The first-order chi connectivity index (χ1) is 16.1. The number of furan rings is 1. The summed E-state index contributed by atoms with van der Waals surface area (Å²) >= 11 is 1.45. The summed E-state index contributed by atoms with van der Waals surface area (Å²) in [6.07, 6.45) is 0. The van der Waals surface area contributed by atoms with Crippen LogP contribution in [0, 0.1) is 6.92 Å². The molecule has 6 heteroatoms. The predicted molar refractivity (Wildman–Crippen MR) is 134 cm³/mol. The number of carbonyl (C=O) groups is 1. The van der Waals surface area contributed by atoms with E-state index in [9.17, 15) is 4.79 Å². The molecule has 5 rings (SSSR count). The van der Waals surface area contributed by atoms with Crippen molar-refractivity contribution in [3.05, 3.63) is 87.8 Å². The second-order valence-electron chi connectivity index (χ2n) is 8.72. The third kappa shape index (κ3) is 4.47. The van der Waals surface area contributed by atoms with Crippen LogP contribution in [-0.4, -0.2) is 43.5 Å². The number of piperazine rings is 1. The molecule has 1 atom stereocenters. The second kappa shape index (κ2) is 9.51. The molecule has 170 valence electrons. The lowest BCUT2D eigenvalue weighted by Gasteiger charge is -2.36. The number of benzene rings is 2. The van der Waals surface area contributed by atoms with Crippen molar-refractivity contribution in [2.45, 2.75) is 19.9 Å². The van der Waals surface area contributed by atoms with E-state index in [4.69, 9.17) is 4.42 Å². The summed E-state index contributed by atoms with van der Waals surface area (Å²) in [4.78, 5) is 17.9. The van der Waals surface area contributed by atoms with Crippen LogP contribution >= 0.6 is 11.3 Å². The van der Waals surface area contributed by atoms with E-state index < -0.39 is 0 Å². The molecule has 1 aliphatic rings. The van der Waals surface area contributed by atoms with Crippen molar-refractivity contribution in [2.75, 3.05) is 38.0 Å². The van der Waals surface area contributed by atoms with Gasteiger partial charge in [-0.1, -0.05) is 48.0 Å². The summed E-state index contributed by atoms with van der Waals surface area (Å²) in [5.74, 6) is 0.714. The molecule has 2 aromatic heterocycles. The minimum Gasteiger partial charge on any atom is -0.457 e. The van der Waals surface area contributed by atoms with Gasteiger partial charge in [-0.15, -0.1) is 11.3 Å². The van der Waals surface area contributed by atoms with Crippen LogP contribution in [0.4, 0.5) is 5.69 Å². The van der Waals surface area contributed by atoms with Gasteiger partial charge in [0.05, 0.1) is 36.2 Å². The van der Waals surface area contributed by atoms with E-state index in [0.717, 1.165) is 55.1 Å². The number of amides is 1. The zero-order chi connectivity index (χ0) is 22.8. The molecule has 1 amide bonds. The molecule has 1 fully saturated rings. The fraction of sp³-hybridized carbons (Fsp3) is 0.296. The Morgan fingerprint density at radius 2 is 1.85 bits per heavy atom. The van der Waals surface area contributed by atoms with E-state index in [2.05, 4.69) is 48.3 Å². The van der Waals surface area contributed by atoms with Gasteiger partial charge >= 0.3 is 0 Å². The number of nitrogens with zero attached hydrogens (tertiary/aromatic N) is 1. The molecule has 1 aliphatic heterocycles. The number of rotatable bonds is 6. The highest BCUT2D eigenvalue weighted by Gasteiger charge is 2.33. The third-order valence-corrected chi connectivity index (χ3v) is 7.49. The van der Waals surface area contributed by atoms with Gasteiger partial charge in [-0.3, -0.25) is 9.69 Å². The smallest absolute Gasteiger partial charge is 0.265 e. The predicted octanol–water partition coefficient (Wildman–Crippen LogP) is 4.36. The standard InChI is InChI=1S/C27H29N3O2S/c1-3-29-14-16-30(17-15-29)25(20-12-10-19(2)11-13-20)26-24(21-7-4-5-8-22(21)32-26)28-27(31)23-9-6-18-33-23/h4-13,18,25H,3,14-17H2,1-2H3,(H,28,31)/p+1. The largest absolute Gasteiger partial charge is 0.457 e. The third-order valence-electron chi connectivity index (χ3n) is 6.62. The topological polar surface area (TPSA) is 49.9 Å². The zero-order valence-corrected chi connectivity index (χ0v) is 20.0. The van der Waals surface area contributed by atoms with Crippen LogP contribution in [0.1, 0.15) is 39.5 Å². The van der Waals surface area contributed by atoms with Crippen LogP contribution < -0.4 is 10.2 Å². The van der Waals surface area contributed by atoms with Gasteiger partial charge in [0.15, 0.2) is 0 Å². The summed E-state index contributed by atoms with van der Waals surface area (Å²) in [6, 6.07) is 20.4. The number of aryl methyl sites for hydroxylation is 1. The van der Waals surface area contributed by atoms with Crippen LogP contribution in [0.25, 0.3) is 11.0 Å². The normalized spacial score (nSPS) is 16.2. The summed E-state index contributed by atoms with van der Waals surface area (Å²) in [6.45, 7) is 9.69. The maximum absolute atomic E-state index is 13.1. The molecule has 5 nitrogen and oxygen atoms in total. The van der Waals surface area contributed by atoms with E-state index in [1.54, 1.807) is 4.90 Å². The van der Waals surface area contributed by atoms with Crippen LogP contribution in [0.2, 0.25) is 0 Å². The van der Waals surface area contributed by atoms with Crippen molar-refractivity contribution in [1.82, 2.24) is 4.90 Å². The number of likely N-dealkylation sites (N-methyl/N-ethyl adjacent to an activating group) is 1. The monoisotopic (exact) mass is 460 g/mol. The van der Waals surface area contributed by atoms with Gasteiger partial charge in [0.1, 0.15) is 11.3 Å². The molecule has 0 spiro atoms. The Bertz CT molecular complexity index is 1220. The summed E-state index contributed by atoms with van der Waals surface area (Å²) in [5, 5.41) is 6.06. The average Bonchev–Trinajstić information content (AvgIpc) is 3.50. The SMILES string of the molecule is CC[NH+]1CCN(C(c2ccc(C)cc2)c2oc3ccccc3c2NC(=O)c2cccs2)CC1. The maximum Gasteiger partial charge on any atom is 0.265 e. The molecular formula is C27H30N3O2S+.